The number of anilines is 1. The van der Waals surface area contributed by atoms with E-state index in [1.165, 1.54) is 28.5 Å². The van der Waals surface area contributed by atoms with Crippen LogP contribution in [-0.2, 0) is 27.6 Å². The molecule has 194 valence electrons. The zero-order chi connectivity index (χ0) is 26.1. The average Bonchev–Trinajstić information content (AvgIpc) is 3.37. The highest BCUT2D eigenvalue weighted by Crippen LogP contribution is 2.45. The lowest BCUT2D eigenvalue weighted by molar-refractivity contribution is -0.115. The SMILES string of the molecule is CCS(=O)(=O)c1ccc(CC(=O)Nc2nc3c(s2)CN(C[C@H]2CC[C@](C)(C#N)CC2)[C@H]3C(C)C)nc1. The number of nitrogens with zero attached hydrogens (tertiary/aromatic N) is 4. The lowest BCUT2D eigenvalue weighted by atomic mass is 9.72. The van der Waals surface area contributed by atoms with E-state index in [4.69, 9.17) is 4.98 Å². The van der Waals surface area contributed by atoms with Gasteiger partial charge in [0.15, 0.2) is 15.0 Å². The van der Waals surface area contributed by atoms with Crippen molar-refractivity contribution >= 4 is 32.2 Å². The van der Waals surface area contributed by atoms with E-state index in [9.17, 15) is 18.5 Å². The van der Waals surface area contributed by atoms with Crippen LogP contribution in [0.5, 0.6) is 0 Å². The molecule has 10 heteroatoms. The van der Waals surface area contributed by atoms with E-state index in [0.29, 0.717) is 22.7 Å². The van der Waals surface area contributed by atoms with E-state index in [1.54, 1.807) is 13.0 Å². The third kappa shape index (κ3) is 5.79. The minimum atomic E-state index is -3.31. The molecule has 0 spiro atoms. The fourth-order valence-electron chi connectivity index (χ4n) is 5.27. The number of rotatable bonds is 8. The van der Waals surface area contributed by atoms with E-state index in [2.05, 4.69) is 42.0 Å². The summed E-state index contributed by atoms with van der Waals surface area (Å²) in [6.45, 7) is 9.96. The summed E-state index contributed by atoms with van der Waals surface area (Å²) in [5, 5.41) is 12.9. The van der Waals surface area contributed by atoms with Crippen molar-refractivity contribution in [3.8, 4) is 6.07 Å². The van der Waals surface area contributed by atoms with Crippen molar-refractivity contribution in [2.45, 2.75) is 77.3 Å². The number of hydrogen-bond acceptors (Lipinski definition) is 8. The van der Waals surface area contributed by atoms with E-state index in [-0.39, 0.29) is 34.4 Å². The zero-order valence-electron chi connectivity index (χ0n) is 21.5. The van der Waals surface area contributed by atoms with Crippen LogP contribution in [0, 0.1) is 28.6 Å². The Hall–Kier alpha value is -2.35. The van der Waals surface area contributed by atoms with Crippen LogP contribution in [0.3, 0.4) is 0 Å². The number of carbonyl (C=O) groups is 1. The van der Waals surface area contributed by atoms with Crippen LogP contribution in [0.25, 0.3) is 0 Å². The largest absolute Gasteiger partial charge is 0.302 e. The predicted octanol–water partition coefficient (Wildman–Crippen LogP) is 4.75. The van der Waals surface area contributed by atoms with Gasteiger partial charge in [-0.3, -0.25) is 14.7 Å². The predicted molar refractivity (Wildman–Crippen MR) is 140 cm³/mol. The second-order valence-corrected chi connectivity index (χ2v) is 14.0. The van der Waals surface area contributed by atoms with Gasteiger partial charge in [-0.1, -0.05) is 20.8 Å². The molecular weight excluding hydrogens is 494 g/mol. The van der Waals surface area contributed by atoms with Gasteiger partial charge in [-0.05, 0) is 56.6 Å². The molecule has 0 saturated heterocycles. The van der Waals surface area contributed by atoms with Gasteiger partial charge in [0, 0.05) is 29.9 Å². The highest BCUT2D eigenvalue weighted by molar-refractivity contribution is 7.91. The minimum absolute atomic E-state index is 0.0132. The van der Waals surface area contributed by atoms with Gasteiger partial charge in [0.1, 0.15) is 0 Å². The van der Waals surface area contributed by atoms with E-state index < -0.39 is 9.84 Å². The first-order chi connectivity index (χ1) is 17.0. The number of nitrogens with one attached hydrogen (secondary N) is 1. The molecule has 2 aromatic heterocycles. The summed E-state index contributed by atoms with van der Waals surface area (Å²) in [7, 11) is -3.31. The van der Waals surface area contributed by atoms with Gasteiger partial charge in [-0.2, -0.15) is 5.26 Å². The molecular formula is C26H35N5O3S2. The van der Waals surface area contributed by atoms with Crippen molar-refractivity contribution in [2.24, 2.45) is 17.3 Å². The second kappa shape index (κ2) is 10.6. The van der Waals surface area contributed by atoms with Gasteiger partial charge in [0.2, 0.25) is 5.91 Å². The first-order valence-corrected chi connectivity index (χ1v) is 15.1. The fourth-order valence-corrected chi connectivity index (χ4v) is 7.13. The first kappa shape index (κ1) is 26.7. The number of sulfone groups is 1. The number of nitriles is 1. The maximum Gasteiger partial charge on any atom is 0.232 e. The number of carbonyl (C=O) groups excluding carboxylic acids is 1. The standard InChI is InChI=1S/C26H35N5O3S2/c1-5-36(33,34)20-7-6-19(28-13-20)12-22(32)29-25-30-23-21(35-25)15-31(24(23)17(2)3)14-18-8-10-26(4,16-27)11-9-18/h6-7,13,17-18,24H,5,8-12,14-15H2,1-4H3,(H,29,30,32)/t18-,24-,26-/m0/s1. The normalized spacial score (nSPS) is 24.4. The topological polar surface area (TPSA) is 116 Å². The number of aromatic nitrogens is 2. The molecule has 0 aromatic carbocycles. The summed E-state index contributed by atoms with van der Waals surface area (Å²) in [5.41, 5.74) is 1.41. The minimum Gasteiger partial charge on any atom is -0.302 e. The van der Waals surface area contributed by atoms with Crippen molar-refractivity contribution in [1.29, 1.82) is 5.26 Å². The first-order valence-electron chi connectivity index (χ1n) is 12.7. The van der Waals surface area contributed by atoms with Gasteiger partial charge >= 0.3 is 0 Å². The van der Waals surface area contributed by atoms with Crippen LogP contribution in [0.4, 0.5) is 5.13 Å². The van der Waals surface area contributed by atoms with E-state index in [0.717, 1.165) is 44.5 Å². The zero-order valence-corrected chi connectivity index (χ0v) is 23.1. The number of pyridine rings is 1. The lowest BCUT2D eigenvalue weighted by Gasteiger charge is -2.36. The summed E-state index contributed by atoms with van der Waals surface area (Å²) in [6, 6.07) is 5.80. The van der Waals surface area contributed by atoms with Crippen molar-refractivity contribution in [1.82, 2.24) is 14.9 Å². The molecule has 2 aromatic rings. The molecule has 0 radical (unpaired) electrons. The van der Waals surface area contributed by atoms with Gasteiger partial charge in [0.25, 0.3) is 0 Å². The van der Waals surface area contributed by atoms with Crippen LogP contribution in [-0.4, -0.2) is 41.5 Å². The van der Waals surface area contributed by atoms with Crippen LogP contribution in [0.1, 0.15) is 75.7 Å². The van der Waals surface area contributed by atoms with Gasteiger partial charge < -0.3 is 5.32 Å². The van der Waals surface area contributed by atoms with Crippen molar-refractivity contribution in [3.63, 3.8) is 0 Å². The van der Waals surface area contributed by atoms with Gasteiger partial charge in [0.05, 0.1) is 40.3 Å². The van der Waals surface area contributed by atoms with Crippen molar-refractivity contribution in [3.05, 3.63) is 34.6 Å². The van der Waals surface area contributed by atoms with Gasteiger partial charge in [-0.25, -0.2) is 13.4 Å². The molecule has 1 atom stereocenters. The number of amides is 1. The third-order valence-electron chi connectivity index (χ3n) is 7.48. The molecule has 8 nitrogen and oxygen atoms in total. The van der Waals surface area contributed by atoms with Gasteiger partial charge in [-0.15, -0.1) is 11.3 Å². The molecule has 36 heavy (non-hydrogen) atoms. The number of thiazole rings is 1. The maximum atomic E-state index is 12.6. The van der Waals surface area contributed by atoms with Crippen LogP contribution >= 0.6 is 11.3 Å². The molecule has 1 N–H and O–H groups in total. The highest BCUT2D eigenvalue weighted by Gasteiger charge is 2.39. The highest BCUT2D eigenvalue weighted by atomic mass is 32.2. The van der Waals surface area contributed by atoms with Crippen LogP contribution in [0.15, 0.2) is 23.2 Å². The Labute approximate surface area is 218 Å². The smallest absolute Gasteiger partial charge is 0.232 e. The van der Waals surface area contributed by atoms with Crippen LogP contribution < -0.4 is 5.32 Å². The van der Waals surface area contributed by atoms with Crippen molar-refractivity contribution < 1.29 is 13.2 Å². The maximum absolute atomic E-state index is 12.6. The van der Waals surface area contributed by atoms with E-state index in [1.807, 2.05) is 0 Å². The van der Waals surface area contributed by atoms with Crippen LogP contribution in [0.2, 0.25) is 0 Å². The Morgan fingerprint density at radius 2 is 2.06 bits per heavy atom. The third-order valence-corrected chi connectivity index (χ3v) is 10.2. The molecule has 2 aliphatic rings. The molecule has 1 aliphatic heterocycles. The Balaban J connectivity index is 1.37. The summed E-state index contributed by atoms with van der Waals surface area (Å²) in [4.78, 5) is 25.5. The summed E-state index contributed by atoms with van der Waals surface area (Å²) >= 11 is 1.53. The molecule has 1 amide bonds. The summed E-state index contributed by atoms with van der Waals surface area (Å²) in [5.74, 6) is 0.792. The molecule has 1 aliphatic carbocycles. The molecule has 1 saturated carbocycles. The molecule has 1 fully saturated rings. The molecule has 3 heterocycles. The van der Waals surface area contributed by atoms with Crippen molar-refractivity contribution in [2.75, 3.05) is 17.6 Å². The molecule has 0 bridgehead atoms. The molecule has 0 unspecified atom stereocenters. The Morgan fingerprint density at radius 1 is 1.33 bits per heavy atom. The Kier molecular flexibility index (Phi) is 7.83. The lowest BCUT2D eigenvalue weighted by Crippen LogP contribution is -2.34. The summed E-state index contributed by atoms with van der Waals surface area (Å²) in [6.07, 6.45) is 5.49. The second-order valence-electron chi connectivity index (χ2n) is 10.7. The number of hydrogen-bond donors (Lipinski definition) is 1. The molecule has 4 rings (SSSR count). The fraction of sp³-hybridized carbons (Fsp3) is 0.615. The van der Waals surface area contributed by atoms with E-state index >= 15 is 0 Å². The monoisotopic (exact) mass is 529 g/mol. The summed E-state index contributed by atoms with van der Waals surface area (Å²) < 4.78 is 23.9. The quantitative estimate of drug-likeness (QED) is 0.525. The number of fused-ring (bicyclic) bond motifs is 1. The average molecular weight is 530 g/mol. The Bertz CT molecular complexity index is 1240. The Morgan fingerprint density at radius 3 is 2.64 bits per heavy atom.